The molecule has 5 N–H and O–H groups in total. The second-order valence-electron chi connectivity index (χ2n) is 3.61. The summed E-state index contributed by atoms with van der Waals surface area (Å²) in [4.78, 5) is 3.21. The summed E-state index contributed by atoms with van der Waals surface area (Å²) in [5.41, 5.74) is 6.25. The third-order valence-corrected chi connectivity index (χ3v) is 2.44. The van der Waals surface area contributed by atoms with Crippen molar-refractivity contribution in [2.45, 2.75) is 12.5 Å². The molecule has 0 aliphatic carbocycles. The molecule has 1 aromatic carbocycles. The van der Waals surface area contributed by atoms with E-state index < -0.39 is 0 Å². The molecule has 2 rings (SSSR count). The van der Waals surface area contributed by atoms with Gasteiger partial charge in [-0.3, -0.25) is 0 Å². The molecule has 0 amide bonds. The Morgan fingerprint density at radius 1 is 1.36 bits per heavy atom. The van der Waals surface area contributed by atoms with Crippen molar-refractivity contribution in [3.63, 3.8) is 0 Å². The molecule has 1 heterocycles. The summed E-state index contributed by atoms with van der Waals surface area (Å²) in [6, 6.07) is 8.25. The van der Waals surface area contributed by atoms with E-state index in [0.29, 0.717) is 0 Å². The van der Waals surface area contributed by atoms with Gasteiger partial charge in [-0.15, -0.1) is 0 Å². The van der Waals surface area contributed by atoms with Crippen LogP contribution in [0.2, 0.25) is 0 Å². The molecule has 2 aromatic rings. The average molecular weight is 191 g/mol. The highest BCUT2D eigenvalue weighted by Gasteiger charge is 2.09. The number of aliphatic hydroxyl groups is 1. The van der Waals surface area contributed by atoms with Crippen molar-refractivity contribution in [3.8, 4) is 0 Å². The second-order valence-corrected chi connectivity index (χ2v) is 3.61. The Hall–Kier alpha value is -1.32. The summed E-state index contributed by atoms with van der Waals surface area (Å²) in [6.07, 6.45) is 2.82. The van der Waals surface area contributed by atoms with Gasteiger partial charge in [-0.1, -0.05) is 18.2 Å². The molecule has 0 spiro atoms. The largest absolute Gasteiger partial charge is 0.390 e. The van der Waals surface area contributed by atoms with Crippen molar-refractivity contribution in [1.82, 2.24) is 4.98 Å². The first kappa shape index (κ1) is 9.24. The highest BCUT2D eigenvalue weighted by Crippen LogP contribution is 2.18. The van der Waals surface area contributed by atoms with Gasteiger partial charge >= 0.3 is 0 Å². The van der Waals surface area contributed by atoms with Gasteiger partial charge < -0.3 is 15.8 Å². The summed E-state index contributed by atoms with van der Waals surface area (Å²) < 4.78 is 0. The number of benzene rings is 1. The maximum absolute atomic E-state index is 8.93. The first-order valence-corrected chi connectivity index (χ1v) is 4.80. The topological polar surface area (TPSA) is 63.7 Å². The van der Waals surface area contributed by atoms with Gasteiger partial charge in [0.1, 0.15) is 6.04 Å². The van der Waals surface area contributed by atoms with Gasteiger partial charge in [-0.2, -0.15) is 0 Å². The van der Waals surface area contributed by atoms with Crippen LogP contribution in [-0.4, -0.2) is 22.7 Å². The number of quaternary nitrogens is 1. The van der Waals surface area contributed by atoms with Gasteiger partial charge in [0.05, 0.1) is 6.61 Å². The fraction of sp³-hybridized carbons (Fsp3) is 0.273. The number of H-pyrrole nitrogens is 1. The average Bonchev–Trinajstić information content (AvgIpc) is 2.62. The SMILES string of the molecule is [NH3+][C@@H](CO)Cc1c[nH]c2ccccc12. The van der Waals surface area contributed by atoms with Crippen molar-refractivity contribution >= 4 is 10.9 Å². The molecule has 74 valence electrons. The molecule has 0 aliphatic heterocycles. The Bertz CT molecular complexity index is 422. The molecule has 0 fully saturated rings. The van der Waals surface area contributed by atoms with Gasteiger partial charge in [0.25, 0.3) is 0 Å². The summed E-state index contributed by atoms with van der Waals surface area (Å²) in [6.45, 7) is 0.138. The summed E-state index contributed by atoms with van der Waals surface area (Å²) in [5, 5.41) is 10.2. The number of para-hydroxylation sites is 1. The Morgan fingerprint density at radius 3 is 2.93 bits per heavy atom. The first-order chi connectivity index (χ1) is 6.81. The number of aliphatic hydroxyl groups excluding tert-OH is 1. The van der Waals surface area contributed by atoms with Crippen LogP contribution in [0.15, 0.2) is 30.5 Å². The van der Waals surface area contributed by atoms with E-state index in [1.807, 2.05) is 18.3 Å². The number of hydrogen-bond acceptors (Lipinski definition) is 1. The zero-order valence-electron chi connectivity index (χ0n) is 8.03. The molecule has 0 saturated heterocycles. The standard InChI is InChI=1S/C11H14N2O/c12-9(7-14)5-8-6-13-11-4-2-1-3-10(8)11/h1-4,6,9,13-14H,5,7,12H2/p+1/t9-/m1/s1. The van der Waals surface area contributed by atoms with Crippen LogP contribution in [0.5, 0.6) is 0 Å². The van der Waals surface area contributed by atoms with Crippen molar-refractivity contribution in [3.05, 3.63) is 36.0 Å². The van der Waals surface area contributed by atoms with Gasteiger partial charge in [-0.05, 0) is 11.6 Å². The number of aromatic amines is 1. The van der Waals surface area contributed by atoms with Crippen molar-refractivity contribution in [2.24, 2.45) is 0 Å². The molecule has 3 nitrogen and oxygen atoms in total. The van der Waals surface area contributed by atoms with Crippen LogP contribution in [0.25, 0.3) is 10.9 Å². The van der Waals surface area contributed by atoms with Crippen LogP contribution >= 0.6 is 0 Å². The first-order valence-electron chi connectivity index (χ1n) is 4.80. The van der Waals surface area contributed by atoms with Crippen molar-refractivity contribution < 1.29 is 10.8 Å². The van der Waals surface area contributed by atoms with Crippen LogP contribution in [0, 0.1) is 0 Å². The summed E-state index contributed by atoms with van der Waals surface area (Å²) in [7, 11) is 0. The fourth-order valence-corrected chi connectivity index (χ4v) is 1.68. The third-order valence-electron chi connectivity index (χ3n) is 2.44. The van der Waals surface area contributed by atoms with E-state index in [1.54, 1.807) is 0 Å². The van der Waals surface area contributed by atoms with E-state index >= 15 is 0 Å². The predicted octanol–water partition coefficient (Wildman–Crippen LogP) is 0.313. The maximum Gasteiger partial charge on any atom is 0.112 e. The van der Waals surface area contributed by atoms with Crippen molar-refractivity contribution in [2.75, 3.05) is 6.61 Å². The molecule has 1 aromatic heterocycles. The van der Waals surface area contributed by atoms with E-state index in [-0.39, 0.29) is 12.6 Å². The molecular formula is C11H15N2O+. The van der Waals surface area contributed by atoms with Gasteiger partial charge in [-0.25, -0.2) is 0 Å². The maximum atomic E-state index is 8.93. The highest BCUT2D eigenvalue weighted by molar-refractivity contribution is 5.83. The van der Waals surface area contributed by atoms with E-state index in [1.165, 1.54) is 10.9 Å². The highest BCUT2D eigenvalue weighted by atomic mass is 16.3. The lowest BCUT2D eigenvalue weighted by atomic mass is 10.1. The summed E-state index contributed by atoms with van der Waals surface area (Å²) in [5.74, 6) is 0. The molecular weight excluding hydrogens is 176 g/mol. The normalized spacial score (nSPS) is 13.3. The smallest absolute Gasteiger partial charge is 0.112 e. The fourth-order valence-electron chi connectivity index (χ4n) is 1.68. The van der Waals surface area contributed by atoms with Gasteiger partial charge in [0, 0.05) is 23.5 Å². The minimum absolute atomic E-state index is 0.0780. The number of aromatic nitrogens is 1. The Balaban J connectivity index is 2.33. The Morgan fingerprint density at radius 2 is 2.14 bits per heavy atom. The number of rotatable bonds is 3. The third kappa shape index (κ3) is 1.64. The van der Waals surface area contributed by atoms with Crippen LogP contribution in [-0.2, 0) is 6.42 Å². The van der Waals surface area contributed by atoms with Gasteiger partial charge in [0.2, 0.25) is 0 Å². The van der Waals surface area contributed by atoms with Crippen LogP contribution in [0.4, 0.5) is 0 Å². The van der Waals surface area contributed by atoms with Crippen LogP contribution < -0.4 is 5.73 Å². The molecule has 3 heteroatoms. The Kier molecular flexibility index (Phi) is 2.52. The quantitative estimate of drug-likeness (QED) is 0.642. The van der Waals surface area contributed by atoms with E-state index in [9.17, 15) is 0 Å². The number of nitrogens with one attached hydrogen (secondary N) is 1. The minimum Gasteiger partial charge on any atom is -0.390 e. The number of hydrogen-bond donors (Lipinski definition) is 3. The lowest BCUT2D eigenvalue weighted by Gasteiger charge is -2.02. The predicted molar refractivity (Wildman–Crippen MR) is 55.8 cm³/mol. The molecule has 0 aliphatic rings. The van der Waals surface area contributed by atoms with Crippen molar-refractivity contribution in [1.29, 1.82) is 0 Å². The monoisotopic (exact) mass is 191 g/mol. The molecule has 0 radical (unpaired) electrons. The number of fused-ring (bicyclic) bond motifs is 1. The Labute approximate surface area is 82.6 Å². The molecule has 14 heavy (non-hydrogen) atoms. The van der Waals surface area contributed by atoms with Crippen LogP contribution in [0.1, 0.15) is 5.56 Å². The zero-order chi connectivity index (χ0) is 9.97. The molecule has 0 saturated carbocycles. The second kappa shape index (κ2) is 3.82. The minimum atomic E-state index is 0.0780. The summed E-state index contributed by atoms with van der Waals surface area (Å²) >= 11 is 0. The van der Waals surface area contributed by atoms with E-state index in [0.717, 1.165) is 11.9 Å². The molecule has 0 unspecified atom stereocenters. The zero-order valence-corrected chi connectivity index (χ0v) is 8.03. The lowest BCUT2D eigenvalue weighted by molar-refractivity contribution is -0.424. The lowest BCUT2D eigenvalue weighted by Crippen LogP contribution is -2.63. The molecule has 0 bridgehead atoms. The molecule has 1 atom stereocenters. The van der Waals surface area contributed by atoms with E-state index in [4.69, 9.17) is 5.11 Å². The van der Waals surface area contributed by atoms with Gasteiger partial charge in [0.15, 0.2) is 0 Å². The van der Waals surface area contributed by atoms with Crippen LogP contribution in [0.3, 0.4) is 0 Å². The van der Waals surface area contributed by atoms with E-state index in [2.05, 4.69) is 22.9 Å².